The fourth-order valence-corrected chi connectivity index (χ4v) is 4.89. The van der Waals surface area contributed by atoms with Gasteiger partial charge in [-0.1, -0.05) is 30.3 Å². The van der Waals surface area contributed by atoms with Crippen LogP contribution < -0.4 is 10.3 Å². The van der Waals surface area contributed by atoms with Crippen molar-refractivity contribution in [2.45, 2.75) is 12.0 Å². The number of anilines is 1. The minimum atomic E-state index is -1.51. The van der Waals surface area contributed by atoms with E-state index in [4.69, 9.17) is 4.42 Å². The summed E-state index contributed by atoms with van der Waals surface area (Å²) in [6.45, 7) is 1.07. The van der Waals surface area contributed by atoms with Gasteiger partial charge in [-0.15, -0.1) is 0 Å². The zero-order valence-corrected chi connectivity index (χ0v) is 17.7. The molecular formula is C24H23N3O4. The Morgan fingerprint density at radius 1 is 1.00 bits per heavy atom. The molecule has 2 amide bonds. The summed E-state index contributed by atoms with van der Waals surface area (Å²) in [6, 6.07) is 14.2. The van der Waals surface area contributed by atoms with Crippen molar-refractivity contribution in [3.8, 4) is 0 Å². The summed E-state index contributed by atoms with van der Waals surface area (Å²) in [5, 5.41) is 0.364. The van der Waals surface area contributed by atoms with Crippen LogP contribution in [0.15, 0.2) is 57.7 Å². The summed E-state index contributed by atoms with van der Waals surface area (Å²) < 4.78 is 5.97. The Bertz CT molecular complexity index is 1300. The largest absolute Gasteiger partial charge is 0.450 e. The highest BCUT2D eigenvalue weighted by Gasteiger charge is 2.64. The van der Waals surface area contributed by atoms with Crippen molar-refractivity contribution < 1.29 is 14.0 Å². The number of rotatable bonds is 4. The molecule has 0 aliphatic carbocycles. The van der Waals surface area contributed by atoms with Crippen LogP contribution in [0.5, 0.6) is 0 Å². The summed E-state index contributed by atoms with van der Waals surface area (Å²) in [6.07, 6.45) is 0.654. The molecule has 0 fully saturated rings. The van der Waals surface area contributed by atoms with E-state index in [2.05, 4.69) is 0 Å². The second kappa shape index (κ2) is 6.78. The molecule has 0 bridgehead atoms. The molecular weight excluding hydrogens is 394 g/mol. The van der Waals surface area contributed by atoms with Gasteiger partial charge in [0.15, 0.2) is 11.0 Å². The third-order valence-corrected chi connectivity index (χ3v) is 6.26. The first kappa shape index (κ1) is 19.5. The van der Waals surface area contributed by atoms with E-state index in [9.17, 15) is 14.4 Å². The number of hydrogen-bond acceptors (Lipinski definition) is 5. The smallest absolute Gasteiger partial charge is 0.291 e. The number of likely N-dealkylation sites (N-methyl/N-ethyl adjacent to an activating group) is 1. The van der Waals surface area contributed by atoms with Crippen LogP contribution in [0.3, 0.4) is 0 Å². The molecule has 0 N–H and O–H groups in total. The molecule has 1 aromatic heterocycles. The van der Waals surface area contributed by atoms with Gasteiger partial charge < -0.3 is 19.1 Å². The van der Waals surface area contributed by atoms with Crippen molar-refractivity contribution in [2.75, 3.05) is 39.1 Å². The number of amides is 2. The van der Waals surface area contributed by atoms with Gasteiger partial charge in [-0.25, -0.2) is 0 Å². The maximum absolute atomic E-state index is 13.8. The van der Waals surface area contributed by atoms with Gasteiger partial charge in [0, 0.05) is 24.8 Å². The van der Waals surface area contributed by atoms with Gasteiger partial charge in [0.2, 0.25) is 5.76 Å². The van der Waals surface area contributed by atoms with Crippen LogP contribution in [-0.4, -0.2) is 55.8 Å². The zero-order valence-electron chi connectivity index (χ0n) is 17.7. The molecule has 2 aliphatic heterocycles. The highest BCUT2D eigenvalue weighted by atomic mass is 16.3. The zero-order chi connectivity index (χ0) is 21.9. The van der Waals surface area contributed by atoms with Crippen molar-refractivity contribution in [3.63, 3.8) is 0 Å². The second-order valence-corrected chi connectivity index (χ2v) is 8.34. The molecule has 2 aromatic carbocycles. The van der Waals surface area contributed by atoms with E-state index in [1.807, 2.05) is 43.3 Å². The SMILES string of the molecule is CN(C)CCCN1C(=O)c2oc3ccccc3c(=O)c2[C@@]12C(=O)N(C)c1ccccc12. The van der Waals surface area contributed by atoms with Crippen LogP contribution in [0.1, 0.15) is 28.1 Å². The number of carbonyl (C=O) groups excluding carboxylic acids is 2. The summed E-state index contributed by atoms with van der Waals surface area (Å²) in [5.74, 6) is -0.768. The Balaban J connectivity index is 1.83. The molecule has 7 heteroatoms. The molecule has 0 radical (unpaired) electrons. The molecule has 3 aromatic rings. The van der Waals surface area contributed by atoms with Crippen molar-refractivity contribution in [1.29, 1.82) is 0 Å². The lowest BCUT2D eigenvalue weighted by molar-refractivity contribution is -0.125. The first-order valence-electron chi connectivity index (χ1n) is 10.3. The topological polar surface area (TPSA) is 74.1 Å². The Labute approximate surface area is 179 Å². The van der Waals surface area contributed by atoms with E-state index in [1.54, 1.807) is 31.3 Å². The van der Waals surface area contributed by atoms with Gasteiger partial charge in [0.05, 0.1) is 10.9 Å². The van der Waals surface area contributed by atoms with E-state index in [0.29, 0.717) is 35.2 Å². The molecule has 158 valence electrons. The van der Waals surface area contributed by atoms with Gasteiger partial charge in [-0.2, -0.15) is 0 Å². The van der Waals surface area contributed by atoms with Crippen LogP contribution in [0, 0.1) is 0 Å². The Kier molecular flexibility index (Phi) is 4.27. The normalized spacial score (nSPS) is 19.7. The molecule has 31 heavy (non-hydrogen) atoms. The van der Waals surface area contributed by atoms with Crippen LogP contribution in [0.25, 0.3) is 11.0 Å². The maximum atomic E-state index is 13.8. The fraction of sp³-hybridized carbons (Fsp3) is 0.292. The molecule has 0 saturated carbocycles. The summed E-state index contributed by atoms with van der Waals surface area (Å²) in [5.41, 5.74) is -0.0340. The average molecular weight is 417 g/mol. The number of fused-ring (bicyclic) bond motifs is 5. The number of carbonyl (C=O) groups is 2. The molecule has 7 nitrogen and oxygen atoms in total. The fourth-order valence-electron chi connectivity index (χ4n) is 4.89. The van der Waals surface area contributed by atoms with E-state index in [1.165, 1.54) is 9.80 Å². The van der Waals surface area contributed by atoms with Crippen molar-refractivity contribution in [3.05, 3.63) is 75.6 Å². The van der Waals surface area contributed by atoms with Gasteiger partial charge in [0.1, 0.15) is 5.58 Å². The standard InChI is InChI=1S/C24H23N3O4/c1-25(2)13-8-14-27-22(29)21-19(20(28)15-9-4-7-12-18(15)31-21)24(27)16-10-5-6-11-17(16)26(3)23(24)30/h4-7,9-12H,8,13-14H2,1-3H3/t24-/m0/s1. The van der Waals surface area contributed by atoms with E-state index in [0.717, 1.165) is 6.54 Å². The Morgan fingerprint density at radius 2 is 1.71 bits per heavy atom. The minimum Gasteiger partial charge on any atom is -0.450 e. The number of benzene rings is 2. The molecule has 1 atom stereocenters. The molecule has 0 unspecified atom stereocenters. The Morgan fingerprint density at radius 3 is 2.48 bits per heavy atom. The number of para-hydroxylation sites is 2. The molecule has 2 aliphatic rings. The molecule has 0 saturated heterocycles. The minimum absolute atomic E-state index is 0.0352. The Hall–Kier alpha value is -3.45. The first-order chi connectivity index (χ1) is 14.9. The summed E-state index contributed by atoms with van der Waals surface area (Å²) in [4.78, 5) is 46.2. The van der Waals surface area contributed by atoms with E-state index in [-0.39, 0.29) is 22.7 Å². The number of nitrogens with zero attached hydrogens (tertiary/aromatic N) is 3. The molecule has 5 rings (SSSR count). The predicted octanol–water partition coefficient (Wildman–Crippen LogP) is 2.42. The van der Waals surface area contributed by atoms with Gasteiger partial charge in [-0.05, 0) is 45.3 Å². The van der Waals surface area contributed by atoms with Crippen molar-refractivity contribution in [1.82, 2.24) is 9.80 Å². The van der Waals surface area contributed by atoms with E-state index < -0.39 is 11.4 Å². The van der Waals surface area contributed by atoms with Crippen LogP contribution in [-0.2, 0) is 10.3 Å². The highest BCUT2D eigenvalue weighted by molar-refractivity contribution is 6.16. The summed E-state index contributed by atoms with van der Waals surface area (Å²) >= 11 is 0. The van der Waals surface area contributed by atoms with Crippen LogP contribution in [0.4, 0.5) is 5.69 Å². The van der Waals surface area contributed by atoms with Crippen LogP contribution >= 0.6 is 0 Å². The van der Waals surface area contributed by atoms with E-state index >= 15 is 0 Å². The second-order valence-electron chi connectivity index (χ2n) is 8.34. The average Bonchev–Trinajstić information content (AvgIpc) is 3.14. The third kappa shape index (κ3) is 2.47. The first-order valence-corrected chi connectivity index (χ1v) is 10.3. The molecule has 1 spiro atoms. The molecule has 3 heterocycles. The predicted molar refractivity (Wildman–Crippen MR) is 117 cm³/mol. The lowest BCUT2D eigenvalue weighted by atomic mass is 9.84. The quantitative estimate of drug-likeness (QED) is 0.652. The summed E-state index contributed by atoms with van der Waals surface area (Å²) in [7, 11) is 5.59. The van der Waals surface area contributed by atoms with Crippen LogP contribution in [0.2, 0.25) is 0 Å². The van der Waals surface area contributed by atoms with Crippen molar-refractivity contribution in [2.24, 2.45) is 0 Å². The number of hydrogen-bond donors (Lipinski definition) is 0. The van der Waals surface area contributed by atoms with Gasteiger partial charge in [-0.3, -0.25) is 14.4 Å². The monoisotopic (exact) mass is 417 g/mol. The van der Waals surface area contributed by atoms with Gasteiger partial charge >= 0.3 is 0 Å². The third-order valence-electron chi connectivity index (χ3n) is 6.26. The van der Waals surface area contributed by atoms with Crippen molar-refractivity contribution >= 4 is 28.5 Å². The highest BCUT2D eigenvalue weighted by Crippen LogP contribution is 2.52. The van der Waals surface area contributed by atoms with Gasteiger partial charge in [0.25, 0.3) is 11.8 Å². The maximum Gasteiger partial charge on any atom is 0.291 e. The lowest BCUT2D eigenvalue weighted by Crippen LogP contribution is -2.53. The lowest BCUT2D eigenvalue weighted by Gasteiger charge is -2.34.